The molecule has 13 nitrogen and oxygen atoms in total. The lowest BCUT2D eigenvalue weighted by atomic mass is 10.1. The molecule has 2 aliphatic rings. The van der Waals surface area contributed by atoms with Crippen molar-refractivity contribution in [2.24, 2.45) is 0 Å². The maximum atomic E-state index is 12.6. The van der Waals surface area contributed by atoms with Crippen LogP contribution in [0.4, 0.5) is 29.2 Å². The number of hydrogen-bond donors (Lipinski definition) is 7. The highest BCUT2D eigenvalue weighted by atomic mass is 35.5. The van der Waals surface area contributed by atoms with Gasteiger partial charge in [-0.05, 0) is 74.9 Å². The fourth-order valence-corrected chi connectivity index (χ4v) is 4.72. The lowest BCUT2D eigenvalue weighted by Gasteiger charge is -2.30. The predicted molar refractivity (Wildman–Crippen MR) is 179 cm³/mol. The highest BCUT2D eigenvalue weighted by Gasteiger charge is 2.20. The topological polar surface area (TPSA) is 247 Å². The molecule has 3 aromatic rings. The molecule has 236 valence electrons. The van der Waals surface area contributed by atoms with Crippen molar-refractivity contribution in [1.29, 1.82) is 0 Å². The molecule has 2 aliphatic heterocycles. The Bertz CT molecular complexity index is 1210. The second-order valence-electron chi connectivity index (χ2n) is 9.15. The number of anilines is 5. The van der Waals surface area contributed by atoms with Crippen LogP contribution in [-0.2, 0) is 0 Å². The lowest BCUT2D eigenvalue weighted by Crippen LogP contribution is -2.34. The van der Waals surface area contributed by atoms with E-state index in [1.54, 1.807) is 18.2 Å². The quantitative estimate of drug-likeness (QED) is 0.144. The van der Waals surface area contributed by atoms with Crippen molar-refractivity contribution in [3.05, 3.63) is 53.1 Å². The Morgan fingerprint density at radius 3 is 1.76 bits per heavy atom. The van der Waals surface area contributed by atoms with Crippen molar-refractivity contribution >= 4 is 59.1 Å². The number of para-hydroxylation sites is 1. The molecule has 15 N–H and O–H groups in total. The third-order valence-electron chi connectivity index (χ3n) is 6.52. The summed E-state index contributed by atoms with van der Waals surface area (Å²) in [6.07, 6.45) is 7.07. The fraction of sp³-hybridized carbons (Fsp3) is 0.385. The number of amides is 1. The molecule has 0 spiro atoms. The van der Waals surface area contributed by atoms with Crippen molar-refractivity contribution < 1.29 is 15.6 Å². The molecular formula is C26H51Cl2N11O2. The summed E-state index contributed by atoms with van der Waals surface area (Å²) in [5, 5.41) is 16.3. The molecule has 2 fully saturated rings. The molecule has 0 atom stereocenters. The minimum atomic E-state index is -0.439. The van der Waals surface area contributed by atoms with Gasteiger partial charge in [-0.25, -0.2) is 0 Å². The lowest BCUT2D eigenvalue weighted by molar-refractivity contribution is 0.102. The van der Waals surface area contributed by atoms with Crippen molar-refractivity contribution in [2.75, 3.05) is 46.6 Å². The summed E-state index contributed by atoms with van der Waals surface area (Å²) in [7, 11) is 0. The number of carbonyl (C=O) groups excluding carboxylic acids is 1. The highest BCUT2D eigenvalue weighted by molar-refractivity contribution is 6.32. The number of hydrogen-bond acceptors (Lipinski definition) is 12. The second kappa shape index (κ2) is 17.4. The van der Waals surface area contributed by atoms with Crippen LogP contribution in [0.2, 0.25) is 5.02 Å². The summed E-state index contributed by atoms with van der Waals surface area (Å²) in [5.41, 5.74) is 1.49. The van der Waals surface area contributed by atoms with Crippen LogP contribution < -0.4 is 45.0 Å². The molecule has 0 saturated carbocycles. The van der Waals surface area contributed by atoms with Gasteiger partial charge in [-0.1, -0.05) is 17.7 Å². The number of nitrogens with zero attached hydrogens (tertiary/aromatic N) is 5. The van der Waals surface area contributed by atoms with E-state index in [4.69, 9.17) is 26.6 Å². The molecule has 2 saturated heterocycles. The average molecular weight is 621 g/mol. The van der Waals surface area contributed by atoms with E-state index in [2.05, 4.69) is 20.4 Å². The number of carbonyl (C=O) groups is 1. The van der Waals surface area contributed by atoms with Gasteiger partial charge in [0.05, 0.1) is 10.6 Å². The van der Waals surface area contributed by atoms with Crippen molar-refractivity contribution in [1.82, 2.24) is 39.6 Å². The zero-order valence-corrected chi connectivity index (χ0v) is 24.9. The summed E-state index contributed by atoms with van der Waals surface area (Å²) in [6, 6.07) is 11.9. The van der Waals surface area contributed by atoms with Crippen LogP contribution in [-0.4, -0.2) is 52.1 Å². The van der Waals surface area contributed by atoms with E-state index in [1.165, 1.54) is 25.0 Å². The average Bonchev–Trinajstić information content (AvgIpc) is 2.92. The van der Waals surface area contributed by atoms with Crippen molar-refractivity contribution in [3.8, 4) is 5.75 Å². The largest absolute Gasteiger partial charge is 0.506 e. The van der Waals surface area contributed by atoms with Gasteiger partial charge in [0.1, 0.15) is 5.75 Å². The van der Waals surface area contributed by atoms with E-state index >= 15 is 0 Å². The number of aromatic nitrogens is 3. The van der Waals surface area contributed by atoms with Crippen LogP contribution in [0, 0.1) is 0 Å². The molecule has 2 aromatic carbocycles. The second-order valence-corrected chi connectivity index (χ2v) is 9.55. The molecule has 1 aromatic heterocycles. The zero-order valence-electron chi connectivity index (χ0n) is 23.3. The first-order valence-corrected chi connectivity index (χ1v) is 12.9. The Hall–Kier alpha value is -3.46. The van der Waals surface area contributed by atoms with Gasteiger partial charge in [0.25, 0.3) is 5.91 Å². The fourth-order valence-electron chi connectivity index (χ4n) is 4.54. The van der Waals surface area contributed by atoms with Crippen LogP contribution in [0.1, 0.15) is 54.6 Å². The van der Waals surface area contributed by atoms with Crippen LogP contribution in [0.15, 0.2) is 42.5 Å². The number of benzene rings is 2. The Morgan fingerprint density at radius 2 is 1.24 bits per heavy atom. The van der Waals surface area contributed by atoms with Gasteiger partial charge in [-0.3, -0.25) is 4.79 Å². The molecule has 1 amide bonds. The van der Waals surface area contributed by atoms with Crippen LogP contribution in [0.5, 0.6) is 5.75 Å². The zero-order chi connectivity index (χ0) is 24.9. The maximum Gasteiger partial charge on any atom is 0.259 e. The molecule has 41 heavy (non-hydrogen) atoms. The number of phenols is 1. The third kappa shape index (κ3) is 9.28. The molecular weight excluding hydrogens is 569 g/mol. The molecule has 0 bridgehead atoms. The predicted octanol–water partition coefficient (Wildman–Crippen LogP) is 7.26. The highest BCUT2D eigenvalue weighted by Crippen LogP contribution is 2.28. The first-order chi connectivity index (χ1) is 17.6. The standard InChI is InChI=1S/C26H30ClN7O2.ClH.4H3N.4H2/c27-21-9-7-8-20(22(21)35)23(36)28-18-10-12-19(13-11-18)29-24-30-25(33-14-3-1-4-15-33)32-26(31-24)34-16-5-2-6-17-34;;;;;;;;;/h7-13,35H,1-6,14-17H2,(H,28,36)(H,29,30,31,32);1H;4*1H3;4*1H. The van der Waals surface area contributed by atoms with Gasteiger partial charge in [0.2, 0.25) is 17.8 Å². The SMILES string of the molecule is Cl.N.N.N.N.O=C(Nc1ccc(Nc2nc(N3CCCCC3)nc(N3CCCCC3)n2)cc1)c1cccc(Cl)c1O.[HH].[HH].[HH].[HH]. The smallest absolute Gasteiger partial charge is 0.259 e. The van der Waals surface area contributed by atoms with Gasteiger partial charge in [0, 0.05) is 43.3 Å². The van der Waals surface area contributed by atoms with Gasteiger partial charge in [-0.15, -0.1) is 12.4 Å². The third-order valence-corrected chi connectivity index (χ3v) is 6.82. The van der Waals surface area contributed by atoms with Crippen LogP contribution in [0.25, 0.3) is 0 Å². The molecule has 15 heteroatoms. The molecule has 0 aliphatic carbocycles. The minimum absolute atomic E-state index is 0. The van der Waals surface area contributed by atoms with Crippen LogP contribution in [0.3, 0.4) is 0 Å². The first-order valence-electron chi connectivity index (χ1n) is 12.5. The molecule has 3 heterocycles. The molecule has 0 unspecified atom stereocenters. The molecule has 0 radical (unpaired) electrons. The summed E-state index contributed by atoms with van der Waals surface area (Å²) in [5.74, 6) is 1.27. The first kappa shape index (κ1) is 37.5. The van der Waals surface area contributed by atoms with E-state index in [0.717, 1.165) is 69.4 Å². The van der Waals surface area contributed by atoms with Crippen molar-refractivity contribution in [2.45, 2.75) is 38.5 Å². The Labute approximate surface area is 258 Å². The van der Waals surface area contributed by atoms with Gasteiger partial charge >= 0.3 is 0 Å². The number of aromatic hydroxyl groups is 1. The van der Waals surface area contributed by atoms with Crippen molar-refractivity contribution in [3.63, 3.8) is 0 Å². The van der Waals surface area contributed by atoms with E-state index in [9.17, 15) is 9.90 Å². The van der Waals surface area contributed by atoms with Gasteiger partial charge in [-0.2, -0.15) is 15.0 Å². The van der Waals surface area contributed by atoms with E-state index in [-0.39, 0.29) is 59.1 Å². The number of nitrogens with one attached hydrogen (secondary N) is 2. The van der Waals surface area contributed by atoms with Gasteiger partial charge in [0.15, 0.2) is 0 Å². The monoisotopic (exact) mass is 619 g/mol. The number of piperidine rings is 2. The number of rotatable bonds is 6. The summed E-state index contributed by atoms with van der Waals surface area (Å²) < 4.78 is 0. The summed E-state index contributed by atoms with van der Waals surface area (Å²) in [6.45, 7) is 3.83. The molecule has 5 rings (SSSR count). The Kier molecular flexibility index (Phi) is 15.9. The Balaban J connectivity index is -0.000000593. The van der Waals surface area contributed by atoms with E-state index in [1.807, 2.05) is 12.1 Å². The summed E-state index contributed by atoms with van der Waals surface area (Å²) in [4.78, 5) is 31.3. The van der Waals surface area contributed by atoms with Gasteiger partial charge < -0.3 is 50.1 Å². The maximum absolute atomic E-state index is 12.6. The normalized spacial score (nSPS) is 14.1. The number of phenolic OH excluding ortho intramolecular Hbond substituents is 1. The number of halogens is 2. The minimum Gasteiger partial charge on any atom is -0.506 e. The van der Waals surface area contributed by atoms with Crippen LogP contribution >= 0.6 is 24.0 Å². The Morgan fingerprint density at radius 1 is 0.756 bits per heavy atom. The van der Waals surface area contributed by atoms with E-state index in [0.29, 0.717) is 11.6 Å². The van der Waals surface area contributed by atoms with E-state index < -0.39 is 5.91 Å². The summed E-state index contributed by atoms with van der Waals surface area (Å²) >= 11 is 5.92.